The molecule has 4 heterocycles. The Hall–Kier alpha value is -3.83. The number of alkyl halides is 3. The van der Waals surface area contributed by atoms with Gasteiger partial charge in [0.25, 0.3) is 5.56 Å². The minimum Gasteiger partial charge on any atom is -0.313 e. The largest absolute Gasteiger partial charge is 0.419 e. The van der Waals surface area contributed by atoms with Crippen LogP contribution in [-0.4, -0.2) is 34.5 Å². The fourth-order valence-corrected chi connectivity index (χ4v) is 2.81. The Morgan fingerprint density at radius 3 is 2.47 bits per heavy atom. The molecule has 0 spiro atoms. The van der Waals surface area contributed by atoms with Crippen molar-refractivity contribution in [2.24, 2.45) is 0 Å². The van der Waals surface area contributed by atoms with Gasteiger partial charge in [-0.15, -0.1) is 0 Å². The molecule has 154 valence electrons. The monoisotopic (exact) mass is 417 g/mol. The smallest absolute Gasteiger partial charge is 0.313 e. The van der Waals surface area contributed by atoms with Crippen molar-refractivity contribution in [2.45, 2.75) is 24.9 Å². The number of rotatable bonds is 2. The highest BCUT2D eigenvalue weighted by molar-refractivity contribution is 5.62. The highest BCUT2D eigenvalue weighted by atomic mass is 19.4. The number of aromatic amines is 2. The highest BCUT2D eigenvalue weighted by Gasteiger charge is 2.30. The number of aromatic nitrogens is 7. The van der Waals surface area contributed by atoms with Crippen LogP contribution in [0, 0.1) is 0 Å². The zero-order valence-corrected chi connectivity index (χ0v) is 15.2. The van der Waals surface area contributed by atoms with Crippen LogP contribution in [0.3, 0.4) is 0 Å². The van der Waals surface area contributed by atoms with Crippen molar-refractivity contribution in [3.05, 3.63) is 75.3 Å². The van der Waals surface area contributed by atoms with E-state index in [0.29, 0.717) is 17.2 Å². The van der Waals surface area contributed by atoms with Crippen LogP contribution in [0.5, 0.6) is 0 Å². The maximum atomic E-state index is 11.9. The Balaban J connectivity index is 0.000000185. The lowest BCUT2D eigenvalue weighted by Crippen LogP contribution is -2.23. The van der Waals surface area contributed by atoms with Gasteiger partial charge in [-0.2, -0.15) is 18.3 Å². The van der Waals surface area contributed by atoms with Gasteiger partial charge in [0.05, 0.1) is 16.8 Å². The molecule has 1 fully saturated rings. The summed E-state index contributed by atoms with van der Waals surface area (Å²) in [6, 6.07) is 1.89. The topological polar surface area (TPSA) is 122 Å². The van der Waals surface area contributed by atoms with Crippen LogP contribution in [0.2, 0.25) is 0 Å². The molecule has 4 aromatic rings. The second-order valence-electron chi connectivity index (χ2n) is 6.57. The Morgan fingerprint density at radius 2 is 1.87 bits per heavy atom. The van der Waals surface area contributed by atoms with Crippen LogP contribution in [0.4, 0.5) is 13.2 Å². The molecular weight excluding hydrogens is 403 g/mol. The molecule has 1 saturated carbocycles. The summed E-state index contributed by atoms with van der Waals surface area (Å²) in [7, 11) is 0. The lowest BCUT2D eigenvalue weighted by molar-refractivity contribution is -0.138. The lowest BCUT2D eigenvalue weighted by atomic mass is 10.1. The third-order valence-electron chi connectivity index (χ3n) is 4.39. The van der Waals surface area contributed by atoms with E-state index in [1.165, 1.54) is 6.20 Å². The summed E-state index contributed by atoms with van der Waals surface area (Å²) in [6.45, 7) is 0. The third kappa shape index (κ3) is 4.11. The van der Waals surface area contributed by atoms with Crippen LogP contribution >= 0.6 is 0 Å². The Morgan fingerprint density at radius 1 is 1.13 bits per heavy atom. The zero-order valence-electron chi connectivity index (χ0n) is 15.2. The molecule has 0 radical (unpaired) electrons. The minimum absolute atomic E-state index is 0.349. The zero-order chi connectivity index (χ0) is 21.3. The summed E-state index contributed by atoms with van der Waals surface area (Å²) in [4.78, 5) is 38.4. The molecular formula is C18H14F3N7O2. The van der Waals surface area contributed by atoms with E-state index in [1.807, 2.05) is 6.07 Å². The van der Waals surface area contributed by atoms with Crippen molar-refractivity contribution >= 4 is 5.65 Å². The third-order valence-corrected chi connectivity index (χ3v) is 4.39. The molecule has 4 aromatic heterocycles. The van der Waals surface area contributed by atoms with Crippen molar-refractivity contribution in [2.75, 3.05) is 0 Å². The molecule has 0 unspecified atom stereocenters. The Kier molecular flexibility index (Phi) is 4.90. The number of nitrogens with zero attached hydrogens (tertiary/aromatic N) is 5. The van der Waals surface area contributed by atoms with E-state index in [-0.39, 0.29) is 0 Å². The first-order valence-electron chi connectivity index (χ1n) is 8.82. The summed E-state index contributed by atoms with van der Waals surface area (Å²) in [5.41, 5.74) is 1.03. The molecule has 1 aliphatic rings. The quantitative estimate of drug-likeness (QED) is 0.515. The number of imidazole rings is 1. The Labute approximate surface area is 165 Å². The summed E-state index contributed by atoms with van der Waals surface area (Å²) in [5.74, 6) is 0.489. The first-order chi connectivity index (χ1) is 14.3. The second-order valence-corrected chi connectivity index (χ2v) is 6.57. The highest BCUT2D eigenvalue weighted by Crippen LogP contribution is 2.42. The fraction of sp³-hybridized carbons (Fsp3) is 0.222. The van der Waals surface area contributed by atoms with Gasteiger partial charge in [0.2, 0.25) is 0 Å². The second kappa shape index (κ2) is 7.54. The standard InChI is InChI=1S/C13H11N5O2.C5H3F3N2/c19-12-9(6-15-13(20)16-12)10-5-8(7-1-2-7)11-14-3-4-18(11)17-10;6-5(7,8)4-1-9-3-10-2-4/h3-7H,1-2H2,(H2,15,16,19,20);1-3H. The summed E-state index contributed by atoms with van der Waals surface area (Å²) >= 11 is 0. The normalized spacial score (nSPS) is 13.7. The maximum absolute atomic E-state index is 11.9. The average molecular weight is 417 g/mol. The van der Waals surface area contributed by atoms with Gasteiger partial charge in [0.15, 0.2) is 5.65 Å². The lowest BCUT2D eigenvalue weighted by Gasteiger charge is -2.05. The fourth-order valence-electron chi connectivity index (χ4n) is 2.81. The van der Waals surface area contributed by atoms with Crippen LogP contribution < -0.4 is 11.2 Å². The summed E-state index contributed by atoms with van der Waals surface area (Å²) < 4.78 is 36.8. The van der Waals surface area contributed by atoms with Gasteiger partial charge in [-0.3, -0.25) is 9.78 Å². The first-order valence-corrected chi connectivity index (χ1v) is 8.82. The molecule has 0 amide bonds. The predicted molar refractivity (Wildman–Crippen MR) is 98.7 cm³/mol. The van der Waals surface area contributed by atoms with E-state index in [9.17, 15) is 22.8 Å². The summed E-state index contributed by atoms with van der Waals surface area (Å²) in [5, 5.41) is 4.38. The number of hydrogen-bond acceptors (Lipinski definition) is 6. The van der Waals surface area contributed by atoms with E-state index in [2.05, 4.69) is 30.0 Å². The van der Waals surface area contributed by atoms with Crippen LogP contribution in [0.25, 0.3) is 16.9 Å². The number of nitrogens with one attached hydrogen (secondary N) is 2. The molecule has 9 nitrogen and oxygen atoms in total. The maximum Gasteiger partial charge on any atom is 0.419 e. The molecule has 0 aromatic carbocycles. The summed E-state index contributed by atoms with van der Waals surface area (Å²) in [6.07, 6.45) is 5.28. The molecule has 0 bridgehead atoms. The van der Waals surface area contributed by atoms with Crippen molar-refractivity contribution in [1.29, 1.82) is 0 Å². The van der Waals surface area contributed by atoms with Crippen molar-refractivity contribution in [3.8, 4) is 11.3 Å². The van der Waals surface area contributed by atoms with Gasteiger partial charge >= 0.3 is 11.9 Å². The predicted octanol–water partition coefficient (Wildman–Crippen LogP) is 2.15. The molecule has 0 atom stereocenters. The Bertz CT molecular complexity index is 1290. The van der Waals surface area contributed by atoms with Crippen molar-refractivity contribution in [3.63, 3.8) is 0 Å². The minimum atomic E-state index is -4.33. The van der Waals surface area contributed by atoms with Gasteiger partial charge in [0, 0.05) is 36.5 Å². The average Bonchev–Trinajstić information content (AvgIpc) is 3.45. The van der Waals surface area contributed by atoms with Gasteiger partial charge in [-0.1, -0.05) is 0 Å². The van der Waals surface area contributed by atoms with E-state index >= 15 is 0 Å². The SMILES string of the molecule is FC(F)(F)c1cncnc1.O=c1[nH]cc(-c2cc(C3CC3)c3nccn3n2)c(=O)[nH]1. The number of fused-ring (bicyclic) bond motifs is 1. The van der Waals surface area contributed by atoms with Crippen molar-refractivity contribution < 1.29 is 13.2 Å². The van der Waals surface area contributed by atoms with Crippen LogP contribution in [0.1, 0.15) is 29.9 Å². The molecule has 0 aliphatic heterocycles. The van der Waals surface area contributed by atoms with Crippen molar-refractivity contribution in [1.82, 2.24) is 34.5 Å². The number of H-pyrrole nitrogens is 2. The van der Waals surface area contributed by atoms with Gasteiger partial charge in [-0.05, 0) is 24.8 Å². The van der Waals surface area contributed by atoms with E-state index in [4.69, 9.17) is 0 Å². The van der Waals surface area contributed by atoms with Crippen LogP contribution in [0.15, 0.2) is 53.0 Å². The number of halogens is 3. The molecule has 0 saturated heterocycles. The van der Waals surface area contributed by atoms with Gasteiger partial charge in [-0.25, -0.2) is 24.3 Å². The van der Waals surface area contributed by atoms with Crippen LogP contribution in [-0.2, 0) is 6.18 Å². The van der Waals surface area contributed by atoms with E-state index in [1.54, 1.807) is 16.9 Å². The van der Waals surface area contributed by atoms with Gasteiger partial charge < -0.3 is 4.98 Å². The van der Waals surface area contributed by atoms with E-state index < -0.39 is 23.0 Å². The molecule has 1 aliphatic carbocycles. The first kappa shape index (κ1) is 19.5. The molecule has 2 N–H and O–H groups in total. The molecule has 12 heteroatoms. The molecule has 5 rings (SSSR count). The molecule has 30 heavy (non-hydrogen) atoms. The number of hydrogen-bond donors (Lipinski definition) is 2. The van der Waals surface area contributed by atoms with E-state index in [0.717, 1.165) is 42.8 Å². The van der Waals surface area contributed by atoms with Gasteiger partial charge in [0.1, 0.15) is 6.33 Å².